The van der Waals surface area contributed by atoms with Gasteiger partial charge in [-0.3, -0.25) is 9.36 Å². The molecule has 0 bridgehead atoms. The van der Waals surface area contributed by atoms with Crippen molar-refractivity contribution in [2.24, 2.45) is 4.99 Å². The summed E-state index contributed by atoms with van der Waals surface area (Å²) in [6.07, 6.45) is 1.81. The molecule has 0 saturated carbocycles. The van der Waals surface area contributed by atoms with Crippen LogP contribution in [0.2, 0.25) is 0 Å². The summed E-state index contributed by atoms with van der Waals surface area (Å²) in [7, 11) is 3.08. The Morgan fingerprint density at radius 3 is 2.48 bits per heavy atom. The van der Waals surface area contributed by atoms with Crippen molar-refractivity contribution in [2.75, 3.05) is 20.8 Å². The fraction of sp³-hybridized carbons (Fsp3) is 0.219. The number of allylic oxidation sites excluding steroid dienone is 1. The Hall–Kier alpha value is -2.94. The van der Waals surface area contributed by atoms with Gasteiger partial charge in [-0.2, -0.15) is 0 Å². The molecule has 1 atom stereocenters. The number of benzene rings is 3. The number of aromatic nitrogens is 1. The zero-order valence-electron chi connectivity index (χ0n) is 24.2. The lowest BCUT2D eigenvalue weighted by molar-refractivity contribution is -0.139. The minimum absolute atomic E-state index is 0.174. The average molecular weight is 854 g/mol. The molecule has 44 heavy (non-hydrogen) atoms. The summed E-state index contributed by atoms with van der Waals surface area (Å²) in [6.45, 7) is 4.03. The van der Waals surface area contributed by atoms with Crippen molar-refractivity contribution in [1.82, 2.24) is 4.57 Å². The second kappa shape index (κ2) is 14.0. The molecule has 0 aliphatic carbocycles. The smallest absolute Gasteiger partial charge is 0.338 e. The highest BCUT2D eigenvalue weighted by Gasteiger charge is 2.35. The highest BCUT2D eigenvalue weighted by atomic mass is 127. The van der Waals surface area contributed by atoms with Gasteiger partial charge in [-0.05, 0) is 77.9 Å². The first-order valence-corrected chi connectivity index (χ1v) is 16.9. The van der Waals surface area contributed by atoms with Crippen LogP contribution in [0.1, 0.15) is 36.6 Å². The van der Waals surface area contributed by atoms with E-state index in [1.165, 1.54) is 23.0 Å². The molecule has 0 spiro atoms. The van der Waals surface area contributed by atoms with Crippen LogP contribution in [-0.2, 0) is 16.1 Å². The van der Waals surface area contributed by atoms with Gasteiger partial charge in [0.05, 0.1) is 46.2 Å². The molecule has 0 N–H and O–H groups in total. The highest BCUT2D eigenvalue weighted by molar-refractivity contribution is 14.1. The van der Waals surface area contributed by atoms with E-state index < -0.39 is 12.0 Å². The normalized spacial score (nSPS) is 14.6. The maximum absolute atomic E-state index is 14.3. The number of rotatable bonds is 9. The first kappa shape index (κ1) is 32.5. The second-order valence-electron chi connectivity index (χ2n) is 9.61. The van der Waals surface area contributed by atoms with E-state index in [2.05, 4.69) is 54.5 Å². The molecule has 3 aromatic carbocycles. The van der Waals surface area contributed by atoms with Crippen LogP contribution in [0.3, 0.4) is 0 Å². The number of hydrogen-bond acceptors (Lipinski definition) is 8. The molecule has 8 nitrogen and oxygen atoms in total. The number of ether oxygens (including phenoxy) is 4. The van der Waals surface area contributed by atoms with E-state index in [0.717, 1.165) is 19.2 Å². The van der Waals surface area contributed by atoms with Gasteiger partial charge < -0.3 is 18.9 Å². The van der Waals surface area contributed by atoms with Crippen molar-refractivity contribution in [3.8, 4) is 17.2 Å². The summed E-state index contributed by atoms with van der Waals surface area (Å²) in [5.74, 6) is 1.06. The Morgan fingerprint density at radius 1 is 1.09 bits per heavy atom. The molecule has 0 saturated heterocycles. The van der Waals surface area contributed by atoms with E-state index in [9.17, 15) is 9.59 Å². The van der Waals surface area contributed by atoms with Crippen molar-refractivity contribution >= 4 is 77.8 Å². The third-order valence-electron chi connectivity index (χ3n) is 6.86. The summed E-state index contributed by atoms with van der Waals surface area (Å²) in [6, 6.07) is 16.4. The number of hydrogen-bond donors (Lipinski definition) is 0. The van der Waals surface area contributed by atoms with E-state index >= 15 is 0 Å². The average Bonchev–Trinajstić information content (AvgIpc) is 3.30. The lowest BCUT2D eigenvalue weighted by atomic mass is 9.95. The number of thiazole rings is 1. The van der Waals surface area contributed by atoms with Crippen LogP contribution < -0.4 is 29.1 Å². The van der Waals surface area contributed by atoms with Crippen molar-refractivity contribution in [3.05, 3.63) is 115 Å². The van der Waals surface area contributed by atoms with Gasteiger partial charge in [0, 0.05) is 14.5 Å². The number of fused-ring (bicyclic) bond motifs is 1. The topological polar surface area (TPSA) is 88.4 Å². The molecule has 2 heterocycles. The molecule has 0 amide bonds. The maximum atomic E-state index is 14.3. The van der Waals surface area contributed by atoms with Crippen LogP contribution in [0, 0.1) is 3.57 Å². The molecule has 5 rings (SSSR count). The fourth-order valence-corrected chi connectivity index (χ4v) is 8.16. The molecule has 0 unspecified atom stereocenters. The van der Waals surface area contributed by atoms with Gasteiger partial charge >= 0.3 is 5.97 Å². The molecule has 0 fully saturated rings. The van der Waals surface area contributed by atoms with Crippen LogP contribution in [0.4, 0.5) is 0 Å². The molecule has 1 aliphatic rings. The summed E-state index contributed by atoms with van der Waals surface area (Å²) in [4.78, 5) is 32.8. The molecular formula is C32H27Br2IN2O6S. The molecule has 1 aliphatic heterocycles. The largest absolute Gasteiger partial charge is 0.493 e. The molecule has 12 heteroatoms. The predicted molar refractivity (Wildman–Crippen MR) is 185 cm³/mol. The lowest BCUT2D eigenvalue weighted by Crippen LogP contribution is -2.40. The van der Waals surface area contributed by atoms with Gasteiger partial charge in [0.2, 0.25) is 0 Å². The highest BCUT2D eigenvalue weighted by Crippen LogP contribution is 2.41. The van der Waals surface area contributed by atoms with Crippen molar-refractivity contribution < 1.29 is 23.7 Å². The quantitative estimate of drug-likeness (QED) is 0.141. The standard InChI is InChI=1S/C32H27Br2IN2O6S/c1-5-42-31(39)27-17(2)36-32-37(28(27)21-14-24(40-3)25(41-4)15-22(21)34)30(38)26(44-32)12-19-11-20(33)13-23(35)29(19)43-16-18-9-7-6-8-10-18/h6-15,28H,5,16H2,1-4H3/b26-12-/t28-/m0/s1. The number of carbonyl (C=O) groups is 1. The zero-order valence-corrected chi connectivity index (χ0v) is 30.3. The van der Waals surface area contributed by atoms with Crippen molar-refractivity contribution in [2.45, 2.75) is 26.5 Å². The Kier molecular flexibility index (Phi) is 10.3. The fourth-order valence-electron chi connectivity index (χ4n) is 4.88. The molecule has 228 valence electrons. The van der Waals surface area contributed by atoms with E-state index in [1.54, 1.807) is 39.2 Å². The van der Waals surface area contributed by atoms with Crippen LogP contribution in [-0.4, -0.2) is 31.4 Å². The van der Waals surface area contributed by atoms with Crippen molar-refractivity contribution in [1.29, 1.82) is 0 Å². The van der Waals surface area contributed by atoms with Gasteiger partial charge in [0.1, 0.15) is 12.4 Å². The van der Waals surface area contributed by atoms with Crippen LogP contribution >= 0.6 is 65.8 Å². The predicted octanol–water partition coefficient (Wildman–Crippen LogP) is 6.52. The minimum Gasteiger partial charge on any atom is -0.493 e. The summed E-state index contributed by atoms with van der Waals surface area (Å²) in [5, 5.41) is 0. The van der Waals surface area contributed by atoms with Crippen LogP contribution in [0.15, 0.2) is 84.6 Å². The van der Waals surface area contributed by atoms with Gasteiger partial charge in [0.15, 0.2) is 16.3 Å². The Morgan fingerprint density at radius 2 is 1.80 bits per heavy atom. The second-order valence-corrected chi connectivity index (χ2v) is 13.6. The zero-order chi connectivity index (χ0) is 31.5. The maximum Gasteiger partial charge on any atom is 0.338 e. The van der Waals surface area contributed by atoms with Gasteiger partial charge in [-0.1, -0.05) is 73.5 Å². The SMILES string of the molecule is CCOC(=O)C1=C(C)N=c2s/c(=C\c3cc(Br)cc(I)c3OCc3ccccc3)c(=O)n2[C@H]1c1cc(OC)c(OC)cc1Br. The number of nitrogens with zero attached hydrogens (tertiary/aromatic N) is 2. The Balaban J connectivity index is 1.71. The first-order valence-electron chi connectivity index (χ1n) is 13.4. The van der Waals surface area contributed by atoms with E-state index in [-0.39, 0.29) is 17.7 Å². The molecule has 1 aromatic heterocycles. The third kappa shape index (κ3) is 6.53. The minimum atomic E-state index is -0.835. The molecule has 0 radical (unpaired) electrons. The monoisotopic (exact) mass is 852 g/mol. The number of carbonyl (C=O) groups excluding carboxylic acids is 1. The third-order valence-corrected chi connectivity index (χ3v) is 9.79. The number of halogens is 3. The summed E-state index contributed by atoms with van der Waals surface area (Å²) < 4.78 is 27.1. The number of esters is 1. The van der Waals surface area contributed by atoms with E-state index in [4.69, 9.17) is 23.9 Å². The summed E-state index contributed by atoms with van der Waals surface area (Å²) in [5.41, 5.74) is 2.80. The number of methoxy groups -OCH3 is 2. The molecular weight excluding hydrogens is 827 g/mol. The van der Waals surface area contributed by atoms with Crippen LogP contribution in [0.25, 0.3) is 6.08 Å². The Labute approximate surface area is 288 Å². The van der Waals surface area contributed by atoms with Gasteiger partial charge in [0.25, 0.3) is 5.56 Å². The van der Waals surface area contributed by atoms with E-state index in [1.807, 2.05) is 42.5 Å². The summed E-state index contributed by atoms with van der Waals surface area (Å²) >= 11 is 10.7. The Bertz CT molecular complexity index is 1960. The van der Waals surface area contributed by atoms with E-state index in [0.29, 0.717) is 48.9 Å². The molecule has 4 aromatic rings. The lowest BCUT2D eigenvalue weighted by Gasteiger charge is -2.26. The van der Waals surface area contributed by atoms with Gasteiger partial charge in [-0.15, -0.1) is 0 Å². The first-order chi connectivity index (χ1) is 21.2. The van der Waals surface area contributed by atoms with Gasteiger partial charge in [-0.25, -0.2) is 9.79 Å². The van der Waals surface area contributed by atoms with Crippen LogP contribution in [0.5, 0.6) is 17.2 Å². The van der Waals surface area contributed by atoms with Crippen molar-refractivity contribution in [3.63, 3.8) is 0 Å².